The number of carbonyl (C=O) groups excluding carboxylic acids is 1. The number of rotatable bonds is 4. The second-order valence-electron chi connectivity index (χ2n) is 3.25. The second-order valence-corrected chi connectivity index (χ2v) is 4.01. The number of nitrogens with zero attached hydrogens (tertiary/aromatic N) is 2. The quantitative estimate of drug-likeness (QED) is 0.611. The van der Waals surface area contributed by atoms with E-state index >= 15 is 0 Å². The Morgan fingerprint density at radius 3 is 2.76 bits per heavy atom. The van der Waals surface area contributed by atoms with E-state index in [1.54, 1.807) is 30.5 Å². The molecule has 5 heteroatoms. The predicted molar refractivity (Wildman–Crippen MR) is 64.3 cm³/mol. The van der Waals surface area contributed by atoms with Gasteiger partial charge in [0, 0.05) is 11.1 Å². The molecule has 4 nitrogen and oxygen atoms in total. The van der Waals surface area contributed by atoms with Crippen LogP contribution in [0.25, 0.3) is 11.3 Å². The van der Waals surface area contributed by atoms with Crippen molar-refractivity contribution >= 4 is 17.5 Å². The van der Waals surface area contributed by atoms with Gasteiger partial charge in [-0.3, -0.25) is 4.79 Å². The van der Waals surface area contributed by atoms with Gasteiger partial charge < -0.3 is 4.42 Å². The highest BCUT2D eigenvalue weighted by atomic mass is 32.2. The first-order valence-electron chi connectivity index (χ1n) is 4.84. The summed E-state index contributed by atoms with van der Waals surface area (Å²) >= 11 is 0.941. The van der Waals surface area contributed by atoms with Gasteiger partial charge in [-0.1, -0.05) is 24.3 Å². The van der Waals surface area contributed by atoms with E-state index in [4.69, 9.17) is 9.68 Å². The van der Waals surface area contributed by atoms with E-state index in [1.807, 2.05) is 5.40 Å². The Morgan fingerprint density at radius 1 is 1.41 bits per heavy atom. The van der Waals surface area contributed by atoms with Crippen molar-refractivity contribution in [2.24, 2.45) is 0 Å². The maximum absolute atomic E-state index is 11.6. The standard InChI is InChI=1S/C12H8N2O2S/c13-7-17-6-11(15)9-1-3-10(4-2-9)12-5-14-8-16-12/h1-5,8H,6H2. The molecule has 2 aromatic rings. The zero-order valence-corrected chi connectivity index (χ0v) is 9.61. The summed E-state index contributed by atoms with van der Waals surface area (Å²) in [5.74, 6) is 0.786. The summed E-state index contributed by atoms with van der Waals surface area (Å²) in [5.41, 5.74) is 1.46. The SMILES string of the molecule is N#CSCC(=O)c1ccc(-c2cnco2)cc1. The van der Waals surface area contributed by atoms with Crippen molar-refractivity contribution < 1.29 is 9.21 Å². The van der Waals surface area contributed by atoms with Gasteiger partial charge in [0.05, 0.1) is 11.9 Å². The maximum Gasteiger partial charge on any atom is 0.181 e. The van der Waals surface area contributed by atoms with Crippen LogP contribution in [0.1, 0.15) is 10.4 Å². The summed E-state index contributed by atoms with van der Waals surface area (Å²) in [7, 11) is 0. The molecule has 1 aromatic carbocycles. The number of nitriles is 1. The normalized spacial score (nSPS) is 9.82. The van der Waals surface area contributed by atoms with Gasteiger partial charge in [-0.05, 0) is 11.8 Å². The first kappa shape index (κ1) is 11.4. The van der Waals surface area contributed by atoms with Crippen LogP contribution in [-0.4, -0.2) is 16.5 Å². The smallest absolute Gasteiger partial charge is 0.181 e. The Kier molecular flexibility index (Phi) is 3.58. The van der Waals surface area contributed by atoms with Crippen molar-refractivity contribution in [2.45, 2.75) is 0 Å². The summed E-state index contributed by atoms with van der Waals surface area (Å²) in [6.45, 7) is 0. The largest absolute Gasteiger partial charge is 0.444 e. The first-order valence-corrected chi connectivity index (χ1v) is 5.83. The van der Waals surface area contributed by atoms with E-state index in [0.29, 0.717) is 11.3 Å². The fourth-order valence-electron chi connectivity index (χ4n) is 1.36. The molecule has 0 bridgehead atoms. The molecule has 1 heterocycles. The molecule has 1 aromatic heterocycles. The molecule has 84 valence electrons. The number of thiocyanates is 1. The minimum Gasteiger partial charge on any atom is -0.444 e. The van der Waals surface area contributed by atoms with Crippen molar-refractivity contribution in [2.75, 3.05) is 5.75 Å². The minimum atomic E-state index is -0.0549. The van der Waals surface area contributed by atoms with E-state index in [9.17, 15) is 4.79 Å². The number of aromatic nitrogens is 1. The maximum atomic E-state index is 11.6. The molecule has 0 saturated heterocycles. The summed E-state index contributed by atoms with van der Waals surface area (Å²) in [5, 5.41) is 10.2. The Bertz CT molecular complexity index is 541. The summed E-state index contributed by atoms with van der Waals surface area (Å²) in [6.07, 6.45) is 2.97. The molecule has 0 fully saturated rings. The average molecular weight is 244 g/mol. The number of oxazole rings is 1. The lowest BCUT2D eigenvalue weighted by Crippen LogP contribution is -2.01. The Morgan fingerprint density at radius 2 is 2.18 bits per heavy atom. The molecular weight excluding hydrogens is 236 g/mol. The second kappa shape index (κ2) is 5.32. The van der Waals surface area contributed by atoms with Gasteiger partial charge in [0.25, 0.3) is 0 Å². The lowest BCUT2D eigenvalue weighted by atomic mass is 10.1. The van der Waals surface area contributed by atoms with E-state index in [0.717, 1.165) is 17.3 Å². The molecule has 0 spiro atoms. The highest BCUT2D eigenvalue weighted by molar-refractivity contribution is 8.04. The lowest BCUT2D eigenvalue weighted by molar-refractivity contribution is 0.102. The summed E-state index contributed by atoms with van der Waals surface area (Å²) in [6, 6.07) is 7.03. The fourth-order valence-corrected chi connectivity index (χ4v) is 1.72. The van der Waals surface area contributed by atoms with Gasteiger partial charge in [-0.15, -0.1) is 0 Å². The van der Waals surface area contributed by atoms with Gasteiger partial charge in [0.15, 0.2) is 17.9 Å². The topological polar surface area (TPSA) is 66.9 Å². The molecule has 0 aliphatic carbocycles. The number of Topliss-reactive ketones (excluding diaryl/α,β-unsaturated/α-hetero) is 1. The Hall–Kier alpha value is -2.06. The fraction of sp³-hybridized carbons (Fsp3) is 0.0833. The predicted octanol–water partition coefficient (Wildman–Crippen LogP) is 2.74. The number of carbonyl (C=O) groups is 1. The van der Waals surface area contributed by atoms with E-state index in [1.165, 1.54) is 6.39 Å². The van der Waals surface area contributed by atoms with Crippen LogP contribution >= 0.6 is 11.8 Å². The van der Waals surface area contributed by atoms with Gasteiger partial charge >= 0.3 is 0 Å². The van der Waals surface area contributed by atoms with Crippen LogP contribution in [0.15, 0.2) is 41.3 Å². The lowest BCUT2D eigenvalue weighted by Gasteiger charge is -1.99. The van der Waals surface area contributed by atoms with E-state index < -0.39 is 0 Å². The number of hydrogen-bond donors (Lipinski definition) is 0. The number of hydrogen-bond acceptors (Lipinski definition) is 5. The van der Waals surface area contributed by atoms with Gasteiger partial charge in [-0.2, -0.15) is 5.26 Å². The minimum absolute atomic E-state index is 0.0549. The molecule has 0 saturated carbocycles. The van der Waals surface area contributed by atoms with Crippen LogP contribution in [0.5, 0.6) is 0 Å². The summed E-state index contributed by atoms with van der Waals surface area (Å²) in [4.78, 5) is 15.4. The van der Waals surface area contributed by atoms with Crippen LogP contribution in [0, 0.1) is 10.7 Å². The van der Waals surface area contributed by atoms with Crippen LogP contribution in [0.4, 0.5) is 0 Å². The molecule has 0 atom stereocenters. The Labute approximate surface area is 102 Å². The zero-order valence-electron chi connectivity index (χ0n) is 8.79. The molecule has 0 N–H and O–H groups in total. The third-order valence-electron chi connectivity index (χ3n) is 2.19. The highest BCUT2D eigenvalue weighted by Gasteiger charge is 2.07. The molecule has 2 rings (SSSR count). The van der Waals surface area contributed by atoms with E-state index in [2.05, 4.69) is 4.98 Å². The van der Waals surface area contributed by atoms with Crippen molar-refractivity contribution in [3.63, 3.8) is 0 Å². The van der Waals surface area contributed by atoms with Crippen molar-refractivity contribution in [3.8, 4) is 16.7 Å². The van der Waals surface area contributed by atoms with Crippen molar-refractivity contribution in [1.82, 2.24) is 4.98 Å². The third-order valence-corrected chi connectivity index (χ3v) is 2.73. The Balaban J connectivity index is 2.14. The van der Waals surface area contributed by atoms with Gasteiger partial charge in [-0.25, -0.2) is 4.98 Å². The molecule has 0 aliphatic rings. The number of thioether (sulfide) groups is 1. The molecule has 0 amide bonds. The zero-order chi connectivity index (χ0) is 12.1. The van der Waals surface area contributed by atoms with Crippen LogP contribution in [0.3, 0.4) is 0 Å². The molecule has 0 unspecified atom stereocenters. The molecular formula is C12H8N2O2S. The monoisotopic (exact) mass is 244 g/mol. The molecule has 17 heavy (non-hydrogen) atoms. The van der Waals surface area contributed by atoms with Crippen molar-refractivity contribution in [1.29, 1.82) is 5.26 Å². The number of benzene rings is 1. The van der Waals surface area contributed by atoms with Crippen LogP contribution < -0.4 is 0 Å². The van der Waals surface area contributed by atoms with Crippen molar-refractivity contribution in [3.05, 3.63) is 42.4 Å². The van der Waals surface area contributed by atoms with Crippen LogP contribution in [0.2, 0.25) is 0 Å². The first-order chi connectivity index (χ1) is 8.31. The molecule has 0 aliphatic heterocycles. The van der Waals surface area contributed by atoms with Gasteiger partial charge in [0.1, 0.15) is 5.40 Å². The van der Waals surface area contributed by atoms with Crippen LogP contribution in [-0.2, 0) is 0 Å². The number of ketones is 1. The highest BCUT2D eigenvalue weighted by Crippen LogP contribution is 2.19. The van der Waals surface area contributed by atoms with E-state index in [-0.39, 0.29) is 11.5 Å². The van der Waals surface area contributed by atoms with Gasteiger partial charge in [0.2, 0.25) is 0 Å². The summed E-state index contributed by atoms with van der Waals surface area (Å²) < 4.78 is 5.14. The average Bonchev–Trinajstić information content (AvgIpc) is 2.90. The molecule has 0 radical (unpaired) electrons. The third kappa shape index (κ3) is 2.74.